The number of methoxy groups -OCH3 is 1. The summed E-state index contributed by atoms with van der Waals surface area (Å²) in [5.41, 5.74) is 0.737. The lowest BCUT2D eigenvalue weighted by atomic mass is 10.3. The average molecular weight is 236 g/mol. The lowest BCUT2D eigenvalue weighted by Gasteiger charge is -2.09. The van der Waals surface area contributed by atoms with Gasteiger partial charge in [0.1, 0.15) is 5.75 Å². The molecule has 1 aromatic heterocycles. The average Bonchev–Trinajstić information content (AvgIpc) is 2.31. The molecule has 1 N–H and O–H groups in total. The predicted molar refractivity (Wildman–Crippen MR) is 63.3 cm³/mol. The van der Waals surface area contributed by atoms with E-state index < -0.39 is 0 Å². The van der Waals surface area contributed by atoms with Gasteiger partial charge in [0.2, 0.25) is 5.95 Å². The molecule has 0 radical (unpaired) electrons. The second-order valence-corrected chi connectivity index (χ2v) is 3.48. The number of anilines is 2. The molecule has 1 heterocycles. The highest BCUT2D eigenvalue weighted by atomic mass is 35.5. The Morgan fingerprint density at radius 1 is 1.25 bits per heavy atom. The van der Waals surface area contributed by atoms with Crippen molar-refractivity contribution in [2.45, 2.75) is 0 Å². The van der Waals surface area contributed by atoms with E-state index in [1.807, 2.05) is 0 Å². The maximum atomic E-state index is 5.90. The summed E-state index contributed by atoms with van der Waals surface area (Å²) in [7, 11) is 1.60. The van der Waals surface area contributed by atoms with Gasteiger partial charge in [0.25, 0.3) is 0 Å². The fourth-order valence-corrected chi connectivity index (χ4v) is 1.43. The summed E-state index contributed by atoms with van der Waals surface area (Å²) >= 11 is 5.90. The maximum absolute atomic E-state index is 5.90. The van der Waals surface area contributed by atoms with Crippen LogP contribution in [0.15, 0.2) is 36.7 Å². The second kappa shape index (κ2) is 4.81. The Morgan fingerprint density at radius 2 is 2.00 bits per heavy atom. The Morgan fingerprint density at radius 3 is 2.69 bits per heavy atom. The Labute approximate surface area is 98.3 Å². The Balaban J connectivity index is 2.30. The molecule has 0 saturated heterocycles. The smallest absolute Gasteiger partial charge is 0.227 e. The van der Waals surface area contributed by atoms with E-state index in [4.69, 9.17) is 16.3 Å². The molecule has 0 atom stereocenters. The molecule has 16 heavy (non-hydrogen) atoms. The van der Waals surface area contributed by atoms with Gasteiger partial charge in [0.15, 0.2) is 0 Å². The molecule has 0 aliphatic carbocycles. The summed E-state index contributed by atoms with van der Waals surface area (Å²) in [5.74, 6) is 1.19. The van der Waals surface area contributed by atoms with Crippen LogP contribution in [-0.2, 0) is 0 Å². The largest absolute Gasteiger partial charge is 0.495 e. The highest BCUT2D eigenvalue weighted by Crippen LogP contribution is 2.29. The monoisotopic (exact) mass is 235 g/mol. The van der Waals surface area contributed by atoms with Crippen LogP contribution in [0.3, 0.4) is 0 Å². The van der Waals surface area contributed by atoms with Gasteiger partial charge in [0.05, 0.1) is 12.8 Å². The summed E-state index contributed by atoms with van der Waals surface area (Å²) < 4.78 is 5.20. The minimum absolute atomic E-state index is 0.503. The van der Waals surface area contributed by atoms with E-state index in [1.54, 1.807) is 43.8 Å². The van der Waals surface area contributed by atoms with Gasteiger partial charge in [-0.3, -0.25) is 0 Å². The molecule has 0 spiro atoms. The number of ether oxygens (including phenoxy) is 1. The molecule has 82 valence electrons. The van der Waals surface area contributed by atoms with Crippen molar-refractivity contribution in [2.75, 3.05) is 12.4 Å². The Bertz CT molecular complexity index is 476. The zero-order valence-corrected chi connectivity index (χ0v) is 9.40. The number of aromatic nitrogens is 2. The van der Waals surface area contributed by atoms with Crippen LogP contribution in [-0.4, -0.2) is 17.1 Å². The van der Waals surface area contributed by atoms with Crippen LogP contribution in [0.4, 0.5) is 11.6 Å². The van der Waals surface area contributed by atoms with Gasteiger partial charge in [-0.05, 0) is 24.3 Å². The van der Waals surface area contributed by atoms with Crippen molar-refractivity contribution in [2.24, 2.45) is 0 Å². The first kappa shape index (κ1) is 10.7. The van der Waals surface area contributed by atoms with Crippen LogP contribution in [0.1, 0.15) is 0 Å². The molecule has 0 bridgehead atoms. The molecule has 5 heteroatoms. The number of benzene rings is 1. The minimum atomic E-state index is 0.503. The summed E-state index contributed by atoms with van der Waals surface area (Å²) in [6.45, 7) is 0. The lowest BCUT2D eigenvalue weighted by Crippen LogP contribution is -1.98. The van der Waals surface area contributed by atoms with Crippen LogP contribution in [0.5, 0.6) is 5.75 Å². The first-order chi connectivity index (χ1) is 7.79. The van der Waals surface area contributed by atoms with Crippen molar-refractivity contribution < 1.29 is 4.74 Å². The quantitative estimate of drug-likeness (QED) is 0.889. The van der Waals surface area contributed by atoms with Gasteiger partial charge in [-0.15, -0.1) is 0 Å². The van der Waals surface area contributed by atoms with Crippen molar-refractivity contribution in [3.05, 3.63) is 41.7 Å². The van der Waals surface area contributed by atoms with Crippen LogP contribution in [0, 0.1) is 0 Å². The molecule has 1 aromatic carbocycles. The molecule has 2 rings (SSSR count). The second-order valence-electron chi connectivity index (χ2n) is 3.04. The van der Waals surface area contributed by atoms with Crippen molar-refractivity contribution in [1.29, 1.82) is 0 Å². The van der Waals surface area contributed by atoms with Crippen molar-refractivity contribution in [3.8, 4) is 5.75 Å². The first-order valence-electron chi connectivity index (χ1n) is 4.67. The Kier molecular flexibility index (Phi) is 3.22. The third kappa shape index (κ3) is 2.41. The molecular formula is C11H10ClN3O. The SMILES string of the molecule is COc1ccc(Cl)cc1Nc1ncccn1. The van der Waals surface area contributed by atoms with E-state index >= 15 is 0 Å². The number of rotatable bonds is 3. The maximum Gasteiger partial charge on any atom is 0.227 e. The first-order valence-corrected chi connectivity index (χ1v) is 5.05. The molecule has 0 fully saturated rings. The van der Waals surface area contributed by atoms with E-state index in [1.165, 1.54) is 0 Å². The van der Waals surface area contributed by atoms with Crippen molar-refractivity contribution >= 4 is 23.2 Å². The van der Waals surface area contributed by atoms with Crippen LogP contribution < -0.4 is 10.1 Å². The summed E-state index contributed by atoms with van der Waals surface area (Å²) in [6, 6.07) is 7.06. The number of hydrogen-bond acceptors (Lipinski definition) is 4. The summed E-state index contributed by atoms with van der Waals surface area (Å²) in [4.78, 5) is 8.12. The number of halogens is 1. The minimum Gasteiger partial charge on any atom is -0.495 e. The molecule has 2 aromatic rings. The number of hydrogen-bond donors (Lipinski definition) is 1. The summed E-state index contributed by atoms with van der Waals surface area (Å²) in [5, 5.41) is 3.66. The Hall–Kier alpha value is -1.81. The van der Waals surface area contributed by atoms with E-state index in [0.717, 1.165) is 5.69 Å². The standard InChI is InChI=1S/C11H10ClN3O/c1-16-10-4-3-8(12)7-9(10)15-11-13-5-2-6-14-11/h2-7H,1H3,(H,13,14,15). The molecule has 0 aliphatic heterocycles. The normalized spacial score (nSPS) is 9.88. The zero-order chi connectivity index (χ0) is 11.4. The molecule has 0 saturated carbocycles. The van der Waals surface area contributed by atoms with E-state index in [-0.39, 0.29) is 0 Å². The van der Waals surface area contributed by atoms with Crippen molar-refractivity contribution in [1.82, 2.24) is 9.97 Å². The van der Waals surface area contributed by atoms with Gasteiger partial charge < -0.3 is 10.1 Å². The van der Waals surface area contributed by atoms with Crippen LogP contribution >= 0.6 is 11.6 Å². The highest BCUT2D eigenvalue weighted by Gasteiger charge is 2.04. The lowest BCUT2D eigenvalue weighted by molar-refractivity contribution is 0.417. The van der Waals surface area contributed by atoms with Gasteiger partial charge in [-0.25, -0.2) is 9.97 Å². The number of nitrogens with zero attached hydrogens (tertiary/aromatic N) is 2. The van der Waals surface area contributed by atoms with Gasteiger partial charge >= 0.3 is 0 Å². The molecule has 0 aliphatic rings. The molecule has 4 nitrogen and oxygen atoms in total. The molecule has 0 amide bonds. The zero-order valence-electron chi connectivity index (χ0n) is 8.64. The topological polar surface area (TPSA) is 47.0 Å². The van der Waals surface area contributed by atoms with Gasteiger partial charge in [-0.2, -0.15) is 0 Å². The van der Waals surface area contributed by atoms with E-state index in [2.05, 4.69) is 15.3 Å². The molecule has 0 unspecified atom stereocenters. The summed E-state index contributed by atoms with van der Waals surface area (Å²) in [6.07, 6.45) is 3.32. The van der Waals surface area contributed by atoms with Crippen LogP contribution in [0.2, 0.25) is 5.02 Å². The highest BCUT2D eigenvalue weighted by molar-refractivity contribution is 6.30. The van der Waals surface area contributed by atoms with Gasteiger partial charge in [-0.1, -0.05) is 11.6 Å². The van der Waals surface area contributed by atoms with Crippen LogP contribution in [0.25, 0.3) is 0 Å². The van der Waals surface area contributed by atoms with Gasteiger partial charge in [0, 0.05) is 17.4 Å². The number of nitrogens with one attached hydrogen (secondary N) is 1. The molecular weight excluding hydrogens is 226 g/mol. The van der Waals surface area contributed by atoms with E-state index in [9.17, 15) is 0 Å². The fraction of sp³-hybridized carbons (Fsp3) is 0.0909. The third-order valence-electron chi connectivity index (χ3n) is 1.97. The third-order valence-corrected chi connectivity index (χ3v) is 2.21. The predicted octanol–water partition coefficient (Wildman–Crippen LogP) is 2.88. The fourth-order valence-electron chi connectivity index (χ4n) is 1.26. The van der Waals surface area contributed by atoms with Crippen molar-refractivity contribution in [3.63, 3.8) is 0 Å². The van der Waals surface area contributed by atoms with E-state index in [0.29, 0.717) is 16.7 Å².